The fourth-order valence-corrected chi connectivity index (χ4v) is 11.5. The topological polar surface area (TPSA) is 420 Å². The average Bonchev–Trinajstić information content (AvgIpc) is 1.59. The Hall–Kier alpha value is -13.3. The van der Waals surface area contributed by atoms with E-state index in [9.17, 15) is 44.7 Å². The minimum absolute atomic E-state index is 0. The molecule has 27 nitrogen and oxygen atoms in total. The Balaban J connectivity index is 0.000000223. The first-order chi connectivity index (χ1) is 54.8. The van der Waals surface area contributed by atoms with Gasteiger partial charge in [-0.05, 0) is 223 Å². The van der Waals surface area contributed by atoms with Crippen LogP contribution in [0.15, 0.2) is 196 Å². The number of phenols is 1. The SMILES string of the molecule is CC(C)(C)OC(=O)NCc1cc(-c2cc(CO)cc3ccoc23)ccn1.CCOC(=O)Cc1ccc(C#N)cc1O.CCOC(=O)Cc1ccc(C#N)cc1OCc1cc(-c2ccnc(CN)c2)c2occc2c1.CCOC(=O)Cc1ccc(C#N)cc1OCc1cc(-c2ccnc(CNC(=O)OC(C)(C)C)c2)c2occc2c1.[Li+].[OH-]. The first kappa shape index (κ1) is 89.9. The van der Waals surface area contributed by atoms with E-state index in [0.717, 1.165) is 83.1 Å². The quantitative estimate of drug-likeness (QED) is 0.0213. The zero-order valence-corrected chi connectivity index (χ0v) is 66.0. The minimum atomic E-state index is -0.595. The van der Waals surface area contributed by atoms with Gasteiger partial charge in [0.1, 0.15) is 58.4 Å². The number of nitrogens with two attached hydrogens (primary N) is 1. The standard InChI is InChI=1S/C31H31N3O6.C26H23N3O4.C20H22N2O4.C11H11NO3.Li.H2O/c1-5-37-28(35)16-23-7-6-20(17-32)14-27(23)39-19-21-12-24-9-11-38-29(24)26(13-21)22-8-10-33-25(15-22)18-34-30(36)40-31(2,3)4;1-2-31-25(30)13-20-4-3-17(14-27)11-24(20)33-16-18-9-21-6-8-32-26(21)23(10-18)19-5-7-29-22(12-19)15-28;1-20(2,3)26-19(24)22-11-16-10-14(4-6-21-16)17-9-13(12-23)8-15-5-7-25-18(15)17;1-2-15-11(14)6-9-4-3-8(7-12)5-10(9)13;;/h6-15H,5,16,18-19H2,1-4H3,(H,34,36);3-12H,2,13,15-16,28H2,1H3;4-10,23H,11-12H2,1-3H3,(H,22,24);3-5,13H,2,6H2,1H3;;1H2/q;;;;+1;/p-1. The first-order valence-corrected chi connectivity index (χ1v) is 36.4. The number of rotatable bonds is 24. The van der Waals surface area contributed by atoms with E-state index in [1.54, 1.807) is 127 Å². The van der Waals surface area contributed by atoms with Gasteiger partial charge in [-0.3, -0.25) is 29.3 Å². The smallest absolute Gasteiger partial charge is 0.870 e. The van der Waals surface area contributed by atoms with Gasteiger partial charge >= 0.3 is 49.0 Å². The number of pyridine rings is 3. The number of hydrogen-bond donors (Lipinski definition) is 5. The van der Waals surface area contributed by atoms with Crippen LogP contribution in [0.5, 0.6) is 17.2 Å². The number of amides is 2. The number of esters is 3. The van der Waals surface area contributed by atoms with Crippen LogP contribution in [0.4, 0.5) is 9.59 Å². The van der Waals surface area contributed by atoms with Crippen molar-refractivity contribution >= 4 is 63.0 Å². The summed E-state index contributed by atoms with van der Waals surface area (Å²) >= 11 is 0. The van der Waals surface area contributed by atoms with E-state index in [2.05, 4.69) is 37.7 Å². The molecule has 0 saturated carbocycles. The van der Waals surface area contributed by atoms with Crippen LogP contribution in [0.2, 0.25) is 0 Å². The maximum atomic E-state index is 12.1. The Bertz CT molecular complexity index is 5530. The Morgan fingerprint density at radius 2 is 0.810 bits per heavy atom. The van der Waals surface area contributed by atoms with Crippen molar-refractivity contribution in [1.29, 1.82) is 15.8 Å². The molecule has 0 spiro atoms. The van der Waals surface area contributed by atoms with Gasteiger partial charge in [-0.1, -0.05) is 18.2 Å². The molecule has 6 aromatic heterocycles. The van der Waals surface area contributed by atoms with Crippen LogP contribution in [0.25, 0.3) is 66.3 Å². The summed E-state index contributed by atoms with van der Waals surface area (Å²) in [6, 6.07) is 49.3. The molecule has 7 N–H and O–H groups in total. The third-order valence-electron chi connectivity index (χ3n) is 16.5. The molecule has 0 bridgehead atoms. The second-order valence-electron chi connectivity index (χ2n) is 27.5. The van der Waals surface area contributed by atoms with Crippen LogP contribution < -0.4 is 44.7 Å². The second-order valence-corrected chi connectivity index (χ2v) is 27.5. The molecular weight excluding hydrogens is 1480 g/mol. The van der Waals surface area contributed by atoms with Crippen LogP contribution in [-0.4, -0.2) is 91.8 Å². The average molecular weight is 1570 g/mol. The van der Waals surface area contributed by atoms with E-state index >= 15 is 0 Å². The summed E-state index contributed by atoms with van der Waals surface area (Å²) in [5.74, 6) is -0.235. The first-order valence-electron chi connectivity index (χ1n) is 36.4. The predicted molar refractivity (Wildman–Crippen MR) is 425 cm³/mol. The van der Waals surface area contributed by atoms with E-state index in [1.165, 1.54) is 6.07 Å². The molecule has 2 amide bonds. The number of benzene rings is 6. The number of alkyl carbamates (subject to hydrolysis) is 2. The summed E-state index contributed by atoms with van der Waals surface area (Å²) in [5, 5.41) is 54.4. The van der Waals surface area contributed by atoms with E-state index in [-0.39, 0.29) is 101 Å². The van der Waals surface area contributed by atoms with Crippen molar-refractivity contribution in [3.63, 3.8) is 0 Å². The van der Waals surface area contributed by atoms with E-state index in [0.29, 0.717) is 81.6 Å². The minimum Gasteiger partial charge on any atom is -0.870 e. The molecule has 116 heavy (non-hydrogen) atoms. The predicted octanol–water partition coefficient (Wildman–Crippen LogP) is 12.8. The number of furan rings is 3. The third-order valence-corrected chi connectivity index (χ3v) is 16.5. The maximum absolute atomic E-state index is 12.1. The Labute approximate surface area is 682 Å². The summed E-state index contributed by atoms with van der Waals surface area (Å²) in [6.45, 7) is 18.2. The van der Waals surface area contributed by atoms with Crippen molar-refractivity contribution in [3.05, 3.63) is 250 Å². The van der Waals surface area contributed by atoms with Gasteiger partial charge in [0.25, 0.3) is 0 Å². The Kier molecular flexibility index (Phi) is 33.4. The largest absolute Gasteiger partial charge is 1.00 e. The van der Waals surface area contributed by atoms with E-state index in [1.807, 2.05) is 118 Å². The molecule has 594 valence electrons. The molecule has 12 rings (SSSR count). The number of phenolic OH excluding ortho intramolecular Hbond substituents is 1. The van der Waals surface area contributed by atoms with Crippen molar-refractivity contribution in [1.82, 2.24) is 25.6 Å². The Morgan fingerprint density at radius 1 is 0.466 bits per heavy atom. The monoisotopic (exact) mass is 1570 g/mol. The van der Waals surface area contributed by atoms with Crippen LogP contribution in [-0.2, 0) is 96.8 Å². The molecule has 12 aromatic rings. The van der Waals surface area contributed by atoms with Crippen molar-refractivity contribution in [2.75, 3.05) is 19.8 Å². The number of aliphatic hydroxyl groups is 1. The van der Waals surface area contributed by atoms with Gasteiger partial charge in [0.2, 0.25) is 0 Å². The number of nitrogens with one attached hydrogen (secondary N) is 2. The van der Waals surface area contributed by atoms with Gasteiger partial charge in [0.05, 0.1) is 130 Å². The number of aromatic nitrogens is 3. The zero-order valence-electron chi connectivity index (χ0n) is 66.0. The fourth-order valence-electron chi connectivity index (χ4n) is 11.5. The molecule has 0 radical (unpaired) electrons. The van der Waals surface area contributed by atoms with Crippen LogP contribution in [0.1, 0.15) is 129 Å². The number of carbonyl (C=O) groups is 5. The molecule has 0 aliphatic heterocycles. The maximum Gasteiger partial charge on any atom is 1.00 e. The number of carbonyl (C=O) groups excluding carboxylic acids is 5. The summed E-state index contributed by atoms with van der Waals surface area (Å²) in [7, 11) is 0. The molecule has 0 fully saturated rings. The molecule has 0 unspecified atom stereocenters. The molecule has 6 heterocycles. The number of fused-ring (bicyclic) bond motifs is 3. The number of nitriles is 3. The summed E-state index contributed by atoms with van der Waals surface area (Å²) < 4.78 is 54.8. The van der Waals surface area contributed by atoms with Crippen LogP contribution in [0.3, 0.4) is 0 Å². The van der Waals surface area contributed by atoms with Gasteiger partial charge in [-0.15, -0.1) is 0 Å². The molecule has 28 heteroatoms. The fraction of sp³-hybridized carbons (Fsp3) is 0.261. The summed E-state index contributed by atoms with van der Waals surface area (Å²) in [6.07, 6.45) is 9.11. The van der Waals surface area contributed by atoms with Crippen LogP contribution in [0, 0.1) is 34.0 Å². The number of nitrogens with zero attached hydrogens (tertiary/aromatic N) is 6. The normalized spacial score (nSPS) is 10.7. The number of aromatic hydroxyl groups is 1. The molecule has 0 aliphatic rings. The van der Waals surface area contributed by atoms with E-state index in [4.69, 9.17) is 57.4 Å². The van der Waals surface area contributed by atoms with Crippen molar-refractivity contribution < 1.29 is 105 Å². The number of hydrogen-bond acceptors (Lipinski definition) is 25. The van der Waals surface area contributed by atoms with Crippen molar-refractivity contribution in [2.24, 2.45) is 5.73 Å². The zero-order chi connectivity index (χ0) is 81.9. The van der Waals surface area contributed by atoms with Gasteiger partial charge < -0.3 is 78.5 Å². The summed E-state index contributed by atoms with van der Waals surface area (Å²) in [5.41, 5.74) is 19.9. The van der Waals surface area contributed by atoms with Crippen molar-refractivity contribution in [3.8, 4) is 68.8 Å². The molecule has 6 aromatic carbocycles. The van der Waals surface area contributed by atoms with Gasteiger partial charge in [-0.2, -0.15) is 15.8 Å². The second kappa shape index (κ2) is 43.1. The van der Waals surface area contributed by atoms with Gasteiger partial charge in [-0.25, -0.2) is 9.59 Å². The van der Waals surface area contributed by atoms with Crippen LogP contribution >= 0.6 is 0 Å². The van der Waals surface area contributed by atoms with Crippen molar-refractivity contribution in [2.45, 2.75) is 132 Å². The third kappa shape index (κ3) is 26.4. The summed E-state index contributed by atoms with van der Waals surface area (Å²) in [4.78, 5) is 72.0. The molecule has 0 saturated heterocycles. The number of aliphatic hydroxyl groups excluding tert-OH is 1. The molecule has 0 atom stereocenters. The molecular formula is C88H88LiN9O18. The van der Waals surface area contributed by atoms with Gasteiger partial charge in [0.15, 0.2) is 0 Å². The number of ether oxygens (including phenoxy) is 7. The van der Waals surface area contributed by atoms with E-state index < -0.39 is 29.4 Å². The molecule has 0 aliphatic carbocycles. The van der Waals surface area contributed by atoms with Gasteiger partial charge in [0, 0.05) is 74.7 Å². The Morgan fingerprint density at radius 3 is 1.16 bits per heavy atom.